The Bertz CT molecular complexity index is 730. The molecule has 0 aliphatic carbocycles. The number of thioether (sulfide) groups is 1. The number of rotatable bonds is 4. The number of hydrogen-bond acceptors (Lipinski definition) is 4. The molecule has 0 fully saturated rings. The van der Waals surface area contributed by atoms with Crippen LogP contribution in [0.15, 0.2) is 60.4 Å². The Labute approximate surface area is 126 Å². The van der Waals surface area contributed by atoms with E-state index >= 15 is 0 Å². The van der Waals surface area contributed by atoms with E-state index in [0.717, 1.165) is 10.8 Å². The first-order valence-electron chi connectivity index (χ1n) is 6.45. The first kappa shape index (κ1) is 13.8. The van der Waals surface area contributed by atoms with Gasteiger partial charge in [0.05, 0.1) is 0 Å². The van der Waals surface area contributed by atoms with Crippen molar-refractivity contribution >= 4 is 11.8 Å². The second-order valence-corrected chi connectivity index (χ2v) is 5.83. The molecule has 6 heteroatoms. The van der Waals surface area contributed by atoms with E-state index in [1.807, 2.05) is 25.3 Å². The highest BCUT2D eigenvalue weighted by atomic mass is 32.2. The molecule has 2 aromatic heterocycles. The quantitative estimate of drug-likeness (QED) is 0.545. The van der Waals surface area contributed by atoms with Crippen molar-refractivity contribution in [1.29, 1.82) is 0 Å². The van der Waals surface area contributed by atoms with E-state index in [0.29, 0.717) is 5.56 Å². The van der Waals surface area contributed by atoms with Crippen LogP contribution >= 0.6 is 11.8 Å². The topological polar surface area (TPSA) is 43.6 Å². The van der Waals surface area contributed by atoms with Gasteiger partial charge in [-0.05, 0) is 13.0 Å². The summed E-state index contributed by atoms with van der Waals surface area (Å²) in [6.07, 6.45) is 6.69. The van der Waals surface area contributed by atoms with Gasteiger partial charge in [-0.1, -0.05) is 30.0 Å². The van der Waals surface area contributed by atoms with Gasteiger partial charge in [0.1, 0.15) is 29.3 Å². The van der Waals surface area contributed by atoms with E-state index in [4.69, 9.17) is 0 Å². The SMILES string of the molecule is CC(Sc1cc(-n2ccnc2)ncn1)c1ccccc1F. The highest BCUT2D eigenvalue weighted by molar-refractivity contribution is 7.99. The fourth-order valence-corrected chi connectivity index (χ4v) is 2.94. The first-order valence-corrected chi connectivity index (χ1v) is 7.33. The van der Waals surface area contributed by atoms with Gasteiger partial charge < -0.3 is 0 Å². The van der Waals surface area contributed by atoms with E-state index < -0.39 is 0 Å². The smallest absolute Gasteiger partial charge is 0.142 e. The molecule has 3 aromatic rings. The monoisotopic (exact) mass is 300 g/mol. The normalized spacial score (nSPS) is 12.3. The molecule has 21 heavy (non-hydrogen) atoms. The summed E-state index contributed by atoms with van der Waals surface area (Å²) in [6.45, 7) is 1.96. The molecule has 3 rings (SSSR count). The molecule has 0 saturated heterocycles. The van der Waals surface area contributed by atoms with Crippen LogP contribution in [0.5, 0.6) is 0 Å². The summed E-state index contributed by atoms with van der Waals surface area (Å²) < 4.78 is 15.6. The van der Waals surface area contributed by atoms with Gasteiger partial charge in [-0.15, -0.1) is 0 Å². The van der Waals surface area contributed by atoms with Crippen molar-refractivity contribution in [3.63, 3.8) is 0 Å². The molecule has 0 radical (unpaired) electrons. The third-order valence-electron chi connectivity index (χ3n) is 3.04. The van der Waals surface area contributed by atoms with Crippen molar-refractivity contribution in [1.82, 2.24) is 19.5 Å². The number of halogens is 1. The summed E-state index contributed by atoms with van der Waals surface area (Å²) in [5.74, 6) is 0.548. The summed E-state index contributed by atoms with van der Waals surface area (Å²) >= 11 is 1.50. The third kappa shape index (κ3) is 3.11. The van der Waals surface area contributed by atoms with Crippen LogP contribution in [0.1, 0.15) is 17.7 Å². The highest BCUT2D eigenvalue weighted by Crippen LogP contribution is 2.34. The van der Waals surface area contributed by atoms with Gasteiger partial charge in [-0.25, -0.2) is 19.3 Å². The van der Waals surface area contributed by atoms with E-state index in [9.17, 15) is 4.39 Å². The Kier molecular flexibility index (Phi) is 3.96. The van der Waals surface area contributed by atoms with Crippen molar-refractivity contribution < 1.29 is 4.39 Å². The van der Waals surface area contributed by atoms with Crippen LogP contribution in [-0.2, 0) is 0 Å². The zero-order valence-corrected chi connectivity index (χ0v) is 12.2. The van der Waals surface area contributed by atoms with Crippen LogP contribution in [0.3, 0.4) is 0 Å². The molecule has 0 N–H and O–H groups in total. The maximum Gasteiger partial charge on any atom is 0.142 e. The van der Waals surface area contributed by atoms with Gasteiger partial charge in [0.25, 0.3) is 0 Å². The lowest BCUT2D eigenvalue weighted by Gasteiger charge is -2.12. The predicted molar refractivity (Wildman–Crippen MR) is 79.8 cm³/mol. The van der Waals surface area contributed by atoms with Crippen LogP contribution in [0, 0.1) is 5.82 Å². The molecule has 0 saturated carbocycles. The van der Waals surface area contributed by atoms with Gasteiger partial charge in [-0.3, -0.25) is 4.57 Å². The summed E-state index contributed by atoms with van der Waals surface area (Å²) in [6, 6.07) is 8.67. The lowest BCUT2D eigenvalue weighted by molar-refractivity contribution is 0.611. The van der Waals surface area contributed by atoms with Crippen LogP contribution in [0.25, 0.3) is 5.82 Å². The van der Waals surface area contributed by atoms with Crippen LogP contribution in [0.2, 0.25) is 0 Å². The molecule has 0 bridgehead atoms. The zero-order chi connectivity index (χ0) is 14.7. The van der Waals surface area contributed by atoms with Crippen LogP contribution in [0.4, 0.5) is 4.39 Å². The largest absolute Gasteiger partial charge is 0.290 e. The Morgan fingerprint density at radius 3 is 2.86 bits per heavy atom. The van der Waals surface area contributed by atoms with Crippen molar-refractivity contribution in [2.45, 2.75) is 17.2 Å². The lowest BCUT2D eigenvalue weighted by atomic mass is 10.1. The molecule has 1 atom stereocenters. The minimum Gasteiger partial charge on any atom is -0.290 e. The van der Waals surface area contributed by atoms with Gasteiger partial charge in [-0.2, -0.15) is 0 Å². The Morgan fingerprint density at radius 2 is 2.10 bits per heavy atom. The fraction of sp³-hybridized carbons (Fsp3) is 0.133. The van der Waals surface area contributed by atoms with Crippen molar-refractivity contribution in [2.24, 2.45) is 0 Å². The first-order chi connectivity index (χ1) is 10.2. The molecule has 2 heterocycles. The van der Waals surface area contributed by atoms with Crippen molar-refractivity contribution in [3.8, 4) is 5.82 Å². The Morgan fingerprint density at radius 1 is 1.24 bits per heavy atom. The van der Waals surface area contributed by atoms with E-state index in [-0.39, 0.29) is 11.1 Å². The van der Waals surface area contributed by atoms with Crippen molar-refractivity contribution in [3.05, 3.63) is 66.8 Å². The molecule has 106 valence electrons. The van der Waals surface area contributed by atoms with E-state index in [2.05, 4.69) is 15.0 Å². The van der Waals surface area contributed by atoms with Crippen molar-refractivity contribution in [2.75, 3.05) is 0 Å². The summed E-state index contributed by atoms with van der Waals surface area (Å²) in [7, 11) is 0. The molecule has 1 aromatic carbocycles. The minimum atomic E-state index is -0.193. The number of benzene rings is 1. The molecular weight excluding hydrogens is 287 g/mol. The molecule has 0 amide bonds. The molecular formula is C15H13FN4S. The van der Waals surface area contributed by atoms with Gasteiger partial charge >= 0.3 is 0 Å². The fourth-order valence-electron chi connectivity index (χ4n) is 1.98. The van der Waals surface area contributed by atoms with Crippen LogP contribution in [-0.4, -0.2) is 19.5 Å². The van der Waals surface area contributed by atoms with Gasteiger partial charge in [0, 0.05) is 29.3 Å². The number of imidazole rings is 1. The third-order valence-corrected chi connectivity index (χ3v) is 4.11. The molecule has 0 aliphatic heterocycles. The Balaban J connectivity index is 1.82. The average molecular weight is 300 g/mol. The standard InChI is InChI=1S/C15H13FN4S/c1-11(12-4-2-3-5-13(12)16)21-15-8-14(18-9-19-15)20-7-6-17-10-20/h2-11H,1H3. The number of hydrogen-bond donors (Lipinski definition) is 0. The maximum absolute atomic E-state index is 13.8. The molecule has 0 spiro atoms. The van der Waals surface area contributed by atoms with Gasteiger partial charge in [0.2, 0.25) is 0 Å². The van der Waals surface area contributed by atoms with E-state index in [1.165, 1.54) is 24.2 Å². The van der Waals surface area contributed by atoms with Crippen LogP contribution < -0.4 is 0 Å². The number of aromatic nitrogens is 4. The lowest BCUT2D eigenvalue weighted by Crippen LogP contribution is -1.98. The summed E-state index contributed by atoms with van der Waals surface area (Å²) in [5.41, 5.74) is 0.672. The molecule has 1 unspecified atom stereocenters. The van der Waals surface area contributed by atoms with E-state index in [1.54, 1.807) is 29.2 Å². The predicted octanol–water partition coefficient (Wildman–Crippen LogP) is 3.65. The second kappa shape index (κ2) is 6.05. The Hall–Kier alpha value is -2.21. The molecule has 4 nitrogen and oxygen atoms in total. The van der Waals surface area contributed by atoms with Gasteiger partial charge in [0.15, 0.2) is 0 Å². The number of nitrogens with zero attached hydrogens (tertiary/aromatic N) is 4. The summed E-state index contributed by atoms with van der Waals surface area (Å²) in [4.78, 5) is 12.4. The maximum atomic E-state index is 13.8. The minimum absolute atomic E-state index is 0.0308. The average Bonchev–Trinajstić information content (AvgIpc) is 3.02. The summed E-state index contributed by atoms with van der Waals surface area (Å²) in [5, 5.41) is 0.765. The highest BCUT2D eigenvalue weighted by Gasteiger charge is 2.13. The molecule has 0 aliphatic rings. The zero-order valence-electron chi connectivity index (χ0n) is 11.3. The second-order valence-electron chi connectivity index (χ2n) is 4.47.